The van der Waals surface area contributed by atoms with Gasteiger partial charge in [-0.25, -0.2) is 0 Å². The van der Waals surface area contributed by atoms with Gasteiger partial charge >= 0.3 is 0 Å². The molecule has 0 bridgehead atoms. The van der Waals surface area contributed by atoms with E-state index in [9.17, 15) is 0 Å². The lowest BCUT2D eigenvalue weighted by molar-refractivity contribution is 0.378. The largest absolute Gasteiger partial charge is 0.0851 e. The Morgan fingerprint density at radius 2 is 2.08 bits per heavy atom. The van der Waals surface area contributed by atoms with Crippen LogP contribution in [-0.2, 0) is 0 Å². The molecular formula is C11H20Si. The molecule has 0 nitrogen and oxygen atoms in total. The monoisotopic (exact) mass is 180 g/mol. The third-order valence-electron chi connectivity index (χ3n) is 3.76. The van der Waals surface area contributed by atoms with Crippen molar-refractivity contribution in [2.75, 3.05) is 0 Å². The van der Waals surface area contributed by atoms with E-state index in [0.29, 0.717) is 0 Å². The van der Waals surface area contributed by atoms with Crippen molar-refractivity contribution in [2.24, 2.45) is 5.92 Å². The Morgan fingerprint density at radius 1 is 1.33 bits per heavy atom. The molecule has 0 amide bonds. The van der Waals surface area contributed by atoms with E-state index < -0.39 is 8.07 Å². The summed E-state index contributed by atoms with van der Waals surface area (Å²) >= 11 is 0. The Bertz CT molecular complexity index is 210. The molecule has 0 N–H and O–H groups in total. The van der Waals surface area contributed by atoms with E-state index in [2.05, 4.69) is 25.7 Å². The fraction of sp³-hybridized carbons (Fsp3) is 0.818. The highest BCUT2D eigenvalue weighted by Crippen LogP contribution is 2.47. The summed E-state index contributed by atoms with van der Waals surface area (Å²) in [5.41, 5.74) is 2.87. The molecule has 0 aromatic heterocycles. The summed E-state index contributed by atoms with van der Waals surface area (Å²) in [6.45, 7) is 7.57. The minimum Gasteiger partial charge on any atom is -0.0851 e. The summed E-state index contributed by atoms with van der Waals surface area (Å²) in [5.74, 6) is 1.02. The van der Waals surface area contributed by atoms with Gasteiger partial charge in [-0.2, -0.15) is 0 Å². The zero-order chi connectivity index (χ0) is 8.77. The molecule has 1 heteroatoms. The van der Waals surface area contributed by atoms with Gasteiger partial charge in [-0.3, -0.25) is 0 Å². The topological polar surface area (TPSA) is 0 Å². The maximum atomic E-state index is 2.56. The Labute approximate surface area is 77.1 Å². The van der Waals surface area contributed by atoms with E-state index in [-0.39, 0.29) is 0 Å². The Hall–Kier alpha value is -0.0431. The number of fused-ring (bicyclic) bond motifs is 1. The van der Waals surface area contributed by atoms with Crippen LogP contribution in [0, 0.1) is 5.92 Å². The van der Waals surface area contributed by atoms with Crippen molar-refractivity contribution >= 4 is 8.07 Å². The van der Waals surface area contributed by atoms with Gasteiger partial charge in [-0.15, -0.1) is 0 Å². The second-order valence-electron chi connectivity index (χ2n) is 5.55. The zero-order valence-electron chi connectivity index (χ0n) is 8.56. The lowest BCUT2D eigenvalue weighted by Gasteiger charge is -2.41. The van der Waals surface area contributed by atoms with E-state index >= 15 is 0 Å². The molecule has 68 valence electrons. The van der Waals surface area contributed by atoms with Crippen molar-refractivity contribution in [1.82, 2.24) is 0 Å². The van der Waals surface area contributed by atoms with Crippen molar-refractivity contribution in [3.05, 3.63) is 11.6 Å². The number of hydrogen-bond donors (Lipinski definition) is 0. The Kier molecular flexibility index (Phi) is 1.94. The number of allylic oxidation sites excluding steroid dienone is 2. The van der Waals surface area contributed by atoms with Crippen LogP contribution >= 0.6 is 0 Å². The molecule has 0 heterocycles. The van der Waals surface area contributed by atoms with Gasteiger partial charge in [-0.05, 0) is 37.1 Å². The maximum absolute atomic E-state index is 2.56. The zero-order valence-corrected chi connectivity index (χ0v) is 9.56. The van der Waals surface area contributed by atoms with E-state index in [1.807, 2.05) is 0 Å². The van der Waals surface area contributed by atoms with Crippen molar-refractivity contribution in [1.29, 1.82) is 0 Å². The standard InChI is InChI=1S/C11H20Si/c1-12(2,3)11-7-6-9-4-5-10(9)8-11/h6,10-11H,4-5,7-8H2,1-3H3. The molecule has 2 rings (SSSR count). The maximum Gasteiger partial charge on any atom is 0.0477 e. The molecule has 0 aromatic carbocycles. The van der Waals surface area contributed by atoms with E-state index in [4.69, 9.17) is 0 Å². The number of rotatable bonds is 1. The first-order valence-corrected chi connectivity index (χ1v) is 8.84. The van der Waals surface area contributed by atoms with Crippen LogP contribution in [-0.4, -0.2) is 8.07 Å². The highest BCUT2D eigenvalue weighted by molar-refractivity contribution is 6.77. The molecule has 0 aromatic rings. The van der Waals surface area contributed by atoms with Gasteiger partial charge in [0.25, 0.3) is 0 Å². The van der Waals surface area contributed by atoms with Crippen LogP contribution in [0.1, 0.15) is 25.7 Å². The third-order valence-corrected chi connectivity index (χ3v) is 6.69. The van der Waals surface area contributed by atoms with Gasteiger partial charge in [0.2, 0.25) is 0 Å². The van der Waals surface area contributed by atoms with Gasteiger partial charge < -0.3 is 0 Å². The van der Waals surface area contributed by atoms with Crippen LogP contribution < -0.4 is 0 Å². The summed E-state index contributed by atoms with van der Waals surface area (Å²) in [4.78, 5) is 0. The second-order valence-corrected chi connectivity index (χ2v) is 11.1. The van der Waals surface area contributed by atoms with Gasteiger partial charge in [-0.1, -0.05) is 31.3 Å². The van der Waals surface area contributed by atoms with Gasteiger partial charge in [0.05, 0.1) is 0 Å². The molecular weight excluding hydrogens is 160 g/mol. The van der Waals surface area contributed by atoms with E-state index in [1.165, 1.54) is 25.7 Å². The van der Waals surface area contributed by atoms with Crippen molar-refractivity contribution in [3.63, 3.8) is 0 Å². The summed E-state index contributed by atoms with van der Waals surface area (Å²) < 4.78 is 0. The highest BCUT2D eigenvalue weighted by Gasteiger charge is 2.35. The molecule has 0 aliphatic heterocycles. The van der Waals surface area contributed by atoms with Crippen molar-refractivity contribution < 1.29 is 0 Å². The molecule has 1 fully saturated rings. The van der Waals surface area contributed by atoms with E-state index in [1.54, 1.807) is 5.57 Å². The highest BCUT2D eigenvalue weighted by atomic mass is 28.3. The van der Waals surface area contributed by atoms with Gasteiger partial charge in [0.15, 0.2) is 0 Å². The number of hydrogen-bond acceptors (Lipinski definition) is 0. The Morgan fingerprint density at radius 3 is 2.50 bits per heavy atom. The molecule has 0 saturated heterocycles. The SMILES string of the molecule is C[Si](C)(C)C1CC=C2CCC2C1. The smallest absolute Gasteiger partial charge is 0.0477 e. The lowest BCUT2D eigenvalue weighted by Crippen LogP contribution is -2.34. The first kappa shape index (κ1) is 8.55. The molecule has 2 unspecified atom stereocenters. The van der Waals surface area contributed by atoms with Crippen LogP contribution in [0.15, 0.2) is 11.6 Å². The average Bonchev–Trinajstić information content (AvgIpc) is 1.89. The van der Waals surface area contributed by atoms with Crippen LogP contribution in [0.4, 0.5) is 0 Å². The first-order valence-electron chi connectivity index (χ1n) is 5.26. The molecule has 0 radical (unpaired) electrons. The first-order chi connectivity index (χ1) is 5.57. The molecule has 12 heavy (non-hydrogen) atoms. The average molecular weight is 180 g/mol. The lowest BCUT2D eigenvalue weighted by atomic mass is 9.73. The van der Waals surface area contributed by atoms with Gasteiger partial charge in [0.1, 0.15) is 0 Å². The quantitative estimate of drug-likeness (QED) is 0.425. The van der Waals surface area contributed by atoms with Crippen LogP contribution in [0.5, 0.6) is 0 Å². The summed E-state index contributed by atoms with van der Waals surface area (Å²) in [7, 11) is -0.838. The normalized spacial score (nSPS) is 35.1. The summed E-state index contributed by atoms with van der Waals surface area (Å²) in [6, 6.07) is 0. The van der Waals surface area contributed by atoms with Crippen LogP contribution in [0.2, 0.25) is 25.2 Å². The minimum absolute atomic E-state index is 0.838. The summed E-state index contributed by atoms with van der Waals surface area (Å²) in [6.07, 6.45) is 8.40. The fourth-order valence-electron chi connectivity index (χ4n) is 2.49. The van der Waals surface area contributed by atoms with Crippen molar-refractivity contribution in [2.45, 2.75) is 50.9 Å². The Balaban J connectivity index is 2.05. The van der Waals surface area contributed by atoms with Gasteiger partial charge in [0, 0.05) is 8.07 Å². The predicted octanol–water partition coefficient (Wildman–Crippen LogP) is 3.83. The molecule has 2 aliphatic carbocycles. The fourth-order valence-corrected chi connectivity index (χ4v) is 4.31. The molecule has 1 saturated carbocycles. The third kappa shape index (κ3) is 1.39. The minimum atomic E-state index is -0.838. The summed E-state index contributed by atoms with van der Waals surface area (Å²) in [5, 5.41) is 0. The van der Waals surface area contributed by atoms with Crippen molar-refractivity contribution in [3.8, 4) is 0 Å². The molecule has 2 aliphatic rings. The van der Waals surface area contributed by atoms with Crippen LogP contribution in [0.25, 0.3) is 0 Å². The molecule has 0 spiro atoms. The predicted molar refractivity (Wildman–Crippen MR) is 57.1 cm³/mol. The second kappa shape index (κ2) is 2.73. The van der Waals surface area contributed by atoms with E-state index in [0.717, 1.165) is 11.5 Å². The molecule has 2 atom stereocenters. The van der Waals surface area contributed by atoms with Crippen LogP contribution in [0.3, 0.4) is 0 Å².